The van der Waals surface area contributed by atoms with E-state index in [1.807, 2.05) is 18.2 Å². The lowest BCUT2D eigenvalue weighted by atomic mass is 9.92. The largest absolute Gasteiger partial charge is 0.363 e. The number of carbonyl (C=O) groups excluding carboxylic acids is 1. The first kappa shape index (κ1) is 12.4. The molecule has 98 valence electrons. The zero-order valence-electron chi connectivity index (χ0n) is 9.91. The molecule has 2 aromatic rings. The molecule has 0 radical (unpaired) electrons. The highest BCUT2D eigenvalue weighted by molar-refractivity contribution is 7.17. The van der Waals surface area contributed by atoms with Gasteiger partial charge in [0, 0.05) is 24.0 Å². The Hall–Kier alpha value is -1.66. The normalized spacial score (nSPS) is 15.3. The quantitative estimate of drug-likeness (QED) is 0.938. The van der Waals surface area contributed by atoms with Gasteiger partial charge in [0.05, 0.1) is 0 Å². The van der Waals surface area contributed by atoms with Gasteiger partial charge in [-0.15, -0.1) is 10.2 Å². The van der Waals surface area contributed by atoms with Crippen molar-refractivity contribution in [1.82, 2.24) is 10.2 Å². The Morgan fingerprint density at radius 2 is 2.21 bits per heavy atom. The fourth-order valence-corrected chi connectivity index (χ4v) is 2.96. The lowest BCUT2D eigenvalue weighted by Crippen LogP contribution is -2.45. The van der Waals surface area contributed by atoms with Crippen molar-refractivity contribution < 1.29 is 4.79 Å². The van der Waals surface area contributed by atoms with Crippen molar-refractivity contribution in [2.45, 2.75) is 5.92 Å². The molecular formula is C12H11ClN4OS. The topological polar surface area (TPSA) is 72.1 Å². The first-order chi connectivity index (χ1) is 9.13. The minimum Gasteiger partial charge on any atom is -0.363 e. The maximum Gasteiger partial charge on any atom is 0.279 e. The van der Waals surface area contributed by atoms with Crippen LogP contribution in [0.5, 0.6) is 0 Å². The molecule has 19 heavy (non-hydrogen) atoms. The third-order valence-electron chi connectivity index (χ3n) is 3.10. The second-order valence-corrected chi connectivity index (χ2v) is 5.80. The second-order valence-electron chi connectivity index (χ2n) is 4.41. The van der Waals surface area contributed by atoms with Gasteiger partial charge in [-0.3, -0.25) is 4.79 Å². The summed E-state index contributed by atoms with van der Waals surface area (Å²) in [7, 11) is 0. The molecule has 2 N–H and O–H groups in total. The van der Waals surface area contributed by atoms with Gasteiger partial charge in [-0.1, -0.05) is 35.1 Å². The molecule has 0 spiro atoms. The number of primary amides is 1. The molecule has 1 amide bonds. The molecule has 0 unspecified atom stereocenters. The van der Waals surface area contributed by atoms with E-state index in [4.69, 9.17) is 17.3 Å². The first-order valence-corrected chi connectivity index (χ1v) is 6.96. The monoisotopic (exact) mass is 294 g/mol. The highest BCUT2D eigenvalue weighted by Gasteiger charge is 2.30. The van der Waals surface area contributed by atoms with Crippen LogP contribution in [-0.2, 0) is 0 Å². The van der Waals surface area contributed by atoms with E-state index < -0.39 is 5.91 Å². The van der Waals surface area contributed by atoms with Gasteiger partial charge >= 0.3 is 0 Å². The summed E-state index contributed by atoms with van der Waals surface area (Å²) in [6.45, 7) is 1.71. The molecule has 7 heteroatoms. The Morgan fingerprint density at radius 1 is 1.42 bits per heavy atom. The number of aromatic nitrogens is 2. The summed E-state index contributed by atoms with van der Waals surface area (Å²) in [4.78, 5) is 13.0. The minimum atomic E-state index is -0.532. The zero-order chi connectivity index (χ0) is 13.4. The molecule has 1 aliphatic heterocycles. The van der Waals surface area contributed by atoms with Crippen molar-refractivity contribution in [1.29, 1.82) is 0 Å². The van der Waals surface area contributed by atoms with Crippen molar-refractivity contribution in [2.24, 2.45) is 5.73 Å². The van der Waals surface area contributed by atoms with Gasteiger partial charge < -0.3 is 10.6 Å². The Labute approximate surface area is 119 Å². The fraction of sp³-hybridized carbons (Fsp3) is 0.250. The zero-order valence-corrected chi connectivity index (χ0v) is 11.5. The SMILES string of the molecule is NC(=O)c1nnc(N2CC(c3cccc(Cl)c3)C2)s1. The number of benzene rings is 1. The van der Waals surface area contributed by atoms with Gasteiger partial charge in [0.15, 0.2) is 0 Å². The van der Waals surface area contributed by atoms with Gasteiger partial charge in [0.1, 0.15) is 0 Å². The summed E-state index contributed by atoms with van der Waals surface area (Å²) in [5, 5.41) is 9.48. The van der Waals surface area contributed by atoms with E-state index in [0.717, 1.165) is 23.2 Å². The summed E-state index contributed by atoms with van der Waals surface area (Å²) >= 11 is 7.20. The lowest BCUT2D eigenvalue weighted by Gasteiger charge is -2.39. The van der Waals surface area contributed by atoms with Crippen LogP contribution < -0.4 is 10.6 Å². The van der Waals surface area contributed by atoms with Crippen LogP contribution >= 0.6 is 22.9 Å². The molecule has 0 atom stereocenters. The summed E-state index contributed by atoms with van der Waals surface area (Å²) in [5.41, 5.74) is 6.38. The summed E-state index contributed by atoms with van der Waals surface area (Å²) < 4.78 is 0. The molecule has 1 fully saturated rings. The third-order valence-corrected chi connectivity index (χ3v) is 4.33. The molecule has 1 aromatic heterocycles. The van der Waals surface area contributed by atoms with Crippen LogP contribution in [0.15, 0.2) is 24.3 Å². The average molecular weight is 295 g/mol. The Balaban J connectivity index is 1.67. The number of anilines is 1. The predicted octanol–water partition coefficient (Wildman–Crippen LogP) is 1.89. The maximum atomic E-state index is 11.0. The minimum absolute atomic E-state index is 0.251. The number of halogens is 1. The highest BCUT2D eigenvalue weighted by Crippen LogP contribution is 2.33. The van der Waals surface area contributed by atoms with E-state index in [1.54, 1.807) is 0 Å². The molecule has 0 saturated carbocycles. The van der Waals surface area contributed by atoms with Crippen molar-refractivity contribution in [3.8, 4) is 0 Å². The van der Waals surface area contributed by atoms with Crippen molar-refractivity contribution in [3.63, 3.8) is 0 Å². The number of amides is 1. The first-order valence-electron chi connectivity index (χ1n) is 5.77. The van der Waals surface area contributed by atoms with Gasteiger partial charge in [-0.2, -0.15) is 0 Å². The van der Waals surface area contributed by atoms with Crippen LogP contribution in [-0.4, -0.2) is 29.2 Å². The van der Waals surface area contributed by atoms with E-state index in [1.165, 1.54) is 16.9 Å². The lowest BCUT2D eigenvalue weighted by molar-refractivity contribution is 0.0999. The molecule has 1 aliphatic rings. The Morgan fingerprint density at radius 3 is 2.84 bits per heavy atom. The van der Waals surface area contributed by atoms with Crippen molar-refractivity contribution >= 4 is 34.0 Å². The van der Waals surface area contributed by atoms with Crippen LogP contribution in [0.3, 0.4) is 0 Å². The van der Waals surface area contributed by atoms with Gasteiger partial charge in [-0.25, -0.2) is 0 Å². The molecule has 2 heterocycles. The van der Waals surface area contributed by atoms with Crippen LogP contribution in [0, 0.1) is 0 Å². The third kappa shape index (κ3) is 2.41. The van der Waals surface area contributed by atoms with E-state index in [9.17, 15) is 4.79 Å². The highest BCUT2D eigenvalue weighted by atomic mass is 35.5. The Kier molecular flexibility index (Phi) is 3.12. The van der Waals surface area contributed by atoms with Crippen LogP contribution in [0.25, 0.3) is 0 Å². The van der Waals surface area contributed by atoms with Gasteiger partial charge in [-0.05, 0) is 17.7 Å². The molecular weight excluding hydrogens is 284 g/mol. The van der Waals surface area contributed by atoms with E-state index >= 15 is 0 Å². The van der Waals surface area contributed by atoms with Crippen LogP contribution in [0.4, 0.5) is 5.13 Å². The molecule has 0 bridgehead atoms. The molecule has 1 aromatic carbocycles. The average Bonchev–Trinajstić information content (AvgIpc) is 2.76. The molecule has 1 saturated heterocycles. The maximum absolute atomic E-state index is 11.0. The van der Waals surface area contributed by atoms with E-state index in [-0.39, 0.29) is 5.01 Å². The molecule has 3 rings (SSSR count). The summed E-state index contributed by atoms with van der Waals surface area (Å²) in [6, 6.07) is 7.88. The summed E-state index contributed by atoms with van der Waals surface area (Å²) in [5.74, 6) is -0.0877. The number of nitrogens with two attached hydrogens (primary N) is 1. The number of rotatable bonds is 3. The number of hydrogen-bond donors (Lipinski definition) is 1. The summed E-state index contributed by atoms with van der Waals surface area (Å²) in [6.07, 6.45) is 0. The van der Waals surface area contributed by atoms with Crippen LogP contribution in [0.1, 0.15) is 21.3 Å². The standard InChI is InChI=1S/C12H11ClN4OS/c13-9-3-1-2-7(4-9)8-5-17(6-8)12-16-15-11(19-12)10(14)18/h1-4,8H,5-6H2,(H2,14,18). The van der Waals surface area contributed by atoms with Crippen LogP contribution in [0.2, 0.25) is 5.02 Å². The van der Waals surface area contributed by atoms with E-state index in [2.05, 4.69) is 21.2 Å². The van der Waals surface area contributed by atoms with Crippen molar-refractivity contribution in [2.75, 3.05) is 18.0 Å². The number of carbonyl (C=O) groups is 1. The van der Waals surface area contributed by atoms with E-state index in [0.29, 0.717) is 5.92 Å². The molecule has 5 nitrogen and oxygen atoms in total. The molecule has 0 aliphatic carbocycles. The van der Waals surface area contributed by atoms with Gasteiger partial charge in [0.25, 0.3) is 5.91 Å². The number of hydrogen-bond acceptors (Lipinski definition) is 5. The Bertz CT molecular complexity index is 624. The number of nitrogens with zero attached hydrogens (tertiary/aromatic N) is 3. The fourth-order valence-electron chi connectivity index (χ4n) is 2.05. The van der Waals surface area contributed by atoms with Crippen molar-refractivity contribution in [3.05, 3.63) is 39.9 Å². The smallest absolute Gasteiger partial charge is 0.279 e. The second kappa shape index (κ2) is 4.79. The van der Waals surface area contributed by atoms with Gasteiger partial charge in [0.2, 0.25) is 10.1 Å². The predicted molar refractivity (Wildman–Crippen MR) is 74.8 cm³/mol.